The molecule has 0 aliphatic carbocycles. The first-order chi connectivity index (χ1) is 6.24. The molecular formula is C12H21NO. The van der Waals surface area contributed by atoms with Gasteiger partial charge in [0, 0.05) is 0 Å². The van der Waals surface area contributed by atoms with Crippen LogP contribution in [-0.2, 0) is 0 Å². The van der Waals surface area contributed by atoms with Gasteiger partial charge in [-0.25, -0.2) is 0 Å². The first-order valence-corrected chi connectivity index (χ1v) is 4.53. The summed E-state index contributed by atoms with van der Waals surface area (Å²) in [5, 5.41) is 0. The lowest BCUT2D eigenvalue weighted by atomic mass is 10.3. The Morgan fingerprint density at radius 3 is 1.00 bits per heavy atom. The van der Waals surface area contributed by atoms with Crippen molar-refractivity contribution in [3.05, 3.63) is 50.6 Å². The molecule has 0 spiro atoms. The molecule has 0 heterocycles. The van der Waals surface area contributed by atoms with Crippen LogP contribution in [0.1, 0.15) is 0 Å². The van der Waals surface area contributed by atoms with Gasteiger partial charge in [0.15, 0.2) is 0 Å². The molecule has 0 aromatic heterocycles. The summed E-state index contributed by atoms with van der Waals surface area (Å²) in [5.74, 6) is 0. The molecule has 2 nitrogen and oxygen atoms in total. The molecule has 0 unspecified atom stereocenters. The molecule has 0 radical (unpaired) electrons. The van der Waals surface area contributed by atoms with Crippen LogP contribution in [0.4, 0.5) is 0 Å². The van der Waals surface area contributed by atoms with Gasteiger partial charge in [0.2, 0.25) is 0 Å². The van der Waals surface area contributed by atoms with Crippen LogP contribution in [0.2, 0.25) is 0 Å². The maximum atomic E-state index is 3.77. The predicted molar refractivity (Wildman–Crippen MR) is 62.5 cm³/mol. The molecule has 0 amide bonds. The second-order valence-corrected chi connectivity index (χ2v) is 3.23. The summed E-state index contributed by atoms with van der Waals surface area (Å²) in [6.07, 6.45) is 7.76. The quantitative estimate of drug-likeness (QED) is 0.432. The van der Waals surface area contributed by atoms with Crippen molar-refractivity contribution < 1.29 is 9.96 Å². The number of hydrogen-bond acceptors (Lipinski definition) is 1. The third kappa shape index (κ3) is 4.80. The number of rotatable bonds is 8. The van der Waals surface area contributed by atoms with E-state index >= 15 is 0 Å². The van der Waals surface area contributed by atoms with E-state index in [-0.39, 0.29) is 5.48 Å². The van der Waals surface area contributed by atoms with Crippen LogP contribution in [0, 0.1) is 0 Å². The molecular weight excluding hydrogens is 174 g/mol. The van der Waals surface area contributed by atoms with Crippen molar-refractivity contribution in [2.45, 2.75) is 0 Å². The van der Waals surface area contributed by atoms with Gasteiger partial charge in [-0.2, -0.15) is 0 Å². The van der Waals surface area contributed by atoms with Crippen molar-refractivity contribution in [2.24, 2.45) is 0 Å². The molecule has 0 rings (SSSR count). The summed E-state index contributed by atoms with van der Waals surface area (Å²) in [7, 11) is 0. The maximum Gasteiger partial charge on any atom is 0.0978 e. The largest absolute Gasteiger partial charge is 0.870 e. The van der Waals surface area contributed by atoms with E-state index in [9.17, 15) is 0 Å². The minimum absolute atomic E-state index is 0. The lowest BCUT2D eigenvalue weighted by Gasteiger charge is -2.35. The summed E-state index contributed by atoms with van der Waals surface area (Å²) in [6.45, 7) is 18.8. The Morgan fingerprint density at radius 2 is 0.857 bits per heavy atom. The Kier molecular flexibility index (Phi) is 9.30. The zero-order chi connectivity index (χ0) is 10.2. The van der Waals surface area contributed by atoms with Crippen molar-refractivity contribution in [2.75, 3.05) is 26.2 Å². The average Bonchev–Trinajstić information content (AvgIpc) is 2.06. The van der Waals surface area contributed by atoms with Crippen molar-refractivity contribution in [1.82, 2.24) is 0 Å². The second-order valence-electron chi connectivity index (χ2n) is 3.23. The summed E-state index contributed by atoms with van der Waals surface area (Å²) in [4.78, 5) is 0. The van der Waals surface area contributed by atoms with Crippen molar-refractivity contribution in [3.8, 4) is 0 Å². The highest BCUT2D eigenvalue weighted by atomic mass is 16.0. The van der Waals surface area contributed by atoms with E-state index in [2.05, 4.69) is 26.3 Å². The molecule has 0 aliphatic rings. The standard InChI is InChI=1S/C12H20N.H2O/c1-5-9-13(10-6-2,11-7-3)12-8-4;/h5-8H,1-4,9-12H2;1H2/q+1;/p-1. The van der Waals surface area contributed by atoms with Gasteiger partial charge >= 0.3 is 0 Å². The fourth-order valence-electron chi connectivity index (χ4n) is 1.54. The highest BCUT2D eigenvalue weighted by Gasteiger charge is 2.20. The van der Waals surface area contributed by atoms with Gasteiger partial charge in [-0.15, -0.1) is 0 Å². The van der Waals surface area contributed by atoms with Crippen molar-refractivity contribution in [3.63, 3.8) is 0 Å². The lowest BCUT2D eigenvalue weighted by Crippen LogP contribution is -2.48. The summed E-state index contributed by atoms with van der Waals surface area (Å²) >= 11 is 0. The number of nitrogens with zero attached hydrogens (tertiary/aromatic N) is 1. The monoisotopic (exact) mass is 195 g/mol. The van der Waals surface area contributed by atoms with Crippen LogP contribution >= 0.6 is 0 Å². The molecule has 0 bridgehead atoms. The number of quaternary nitrogens is 1. The third-order valence-corrected chi connectivity index (χ3v) is 2.07. The van der Waals surface area contributed by atoms with E-state index < -0.39 is 0 Å². The summed E-state index contributed by atoms with van der Waals surface area (Å²) < 4.78 is 0.903. The SMILES string of the molecule is C=CC[N+](CC=C)(CC=C)CC=C.[OH-]. The molecule has 0 aromatic carbocycles. The van der Waals surface area contributed by atoms with Gasteiger partial charge in [0.1, 0.15) is 0 Å². The van der Waals surface area contributed by atoms with Gasteiger partial charge in [-0.05, 0) is 24.3 Å². The van der Waals surface area contributed by atoms with Gasteiger partial charge < -0.3 is 9.96 Å². The molecule has 0 aromatic rings. The zero-order valence-electron chi connectivity index (χ0n) is 8.86. The normalized spacial score (nSPS) is 9.71. The Balaban J connectivity index is 0. The van der Waals surface area contributed by atoms with Crippen LogP contribution in [0.15, 0.2) is 50.6 Å². The predicted octanol–water partition coefficient (Wildman–Crippen LogP) is 2.37. The minimum atomic E-state index is 0. The number of hydrogen-bond donors (Lipinski definition) is 0. The highest BCUT2D eigenvalue weighted by Crippen LogP contribution is 2.07. The van der Waals surface area contributed by atoms with Crippen molar-refractivity contribution in [1.29, 1.82) is 0 Å². The van der Waals surface area contributed by atoms with Crippen molar-refractivity contribution >= 4 is 0 Å². The van der Waals surface area contributed by atoms with Crippen LogP contribution in [-0.4, -0.2) is 36.1 Å². The molecule has 2 heteroatoms. The molecule has 80 valence electrons. The average molecular weight is 195 g/mol. The van der Waals surface area contributed by atoms with E-state index in [1.807, 2.05) is 24.3 Å². The first-order valence-electron chi connectivity index (χ1n) is 4.53. The van der Waals surface area contributed by atoms with Crippen LogP contribution in [0.3, 0.4) is 0 Å². The van der Waals surface area contributed by atoms with E-state index in [4.69, 9.17) is 0 Å². The molecule has 0 fully saturated rings. The van der Waals surface area contributed by atoms with Crippen LogP contribution in [0.25, 0.3) is 0 Å². The molecule has 0 saturated carbocycles. The first kappa shape index (κ1) is 15.4. The Morgan fingerprint density at radius 1 is 0.643 bits per heavy atom. The lowest BCUT2D eigenvalue weighted by molar-refractivity contribution is -0.906. The van der Waals surface area contributed by atoms with Gasteiger partial charge in [0.25, 0.3) is 0 Å². The van der Waals surface area contributed by atoms with E-state index in [0.29, 0.717) is 0 Å². The van der Waals surface area contributed by atoms with Crippen LogP contribution in [0.5, 0.6) is 0 Å². The molecule has 1 N–H and O–H groups in total. The third-order valence-electron chi connectivity index (χ3n) is 2.07. The fraction of sp³-hybridized carbons (Fsp3) is 0.333. The molecule has 0 atom stereocenters. The molecule has 0 saturated heterocycles. The highest BCUT2D eigenvalue weighted by molar-refractivity contribution is 4.79. The summed E-state index contributed by atoms with van der Waals surface area (Å²) in [5.41, 5.74) is 0. The minimum Gasteiger partial charge on any atom is -0.870 e. The van der Waals surface area contributed by atoms with E-state index in [1.54, 1.807) is 0 Å². The smallest absolute Gasteiger partial charge is 0.0978 e. The van der Waals surface area contributed by atoms with Gasteiger partial charge in [-0.1, -0.05) is 26.3 Å². The van der Waals surface area contributed by atoms with E-state index in [0.717, 1.165) is 30.7 Å². The van der Waals surface area contributed by atoms with Crippen LogP contribution < -0.4 is 0 Å². The molecule has 14 heavy (non-hydrogen) atoms. The summed E-state index contributed by atoms with van der Waals surface area (Å²) in [6, 6.07) is 0. The zero-order valence-corrected chi connectivity index (χ0v) is 8.86. The second kappa shape index (κ2) is 8.48. The topological polar surface area (TPSA) is 30.0 Å². The Hall–Kier alpha value is -1.12. The van der Waals surface area contributed by atoms with Gasteiger partial charge in [0.05, 0.1) is 26.2 Å². The van der Waals surface area contributed by atoms with E-state index in [1.165, 1.54) is 0 Å². The van der Waals surface area contributed by atoms with Gasteiger partial charge in [-0.3, -0.25) is 0 Å². The molecule has 0 aliphatic heterocycles. The Bertz CT molecular complexity index is 151. The fourth-order valence-corrected chi connectivity index (χ4v) is 1.54. The maximum absolute atomic E-state index is 3.77. The Labute approximate surface area is 87.4 Å².